The Morgan fingerprint density at radius 1 is 0.750 bits per heavy atom. The van der Waals surface area contributed by atoms with Gasteiger partial charge in [-0.05, 0) is 12.8 Å². The van der Waals surface area contributed by atoms with Crippen LogP contribution in [0.5, 0.6) is 0 Å². The van der Waals surface area contributed by atoms with Gasteiger partial charge in [0.1, 0.15) is 0 Å². The fourth-order valence-corrected chi connectivity index (χ4v) is 2.06. The lowest BCUT2D eigenvalue weighted by molar-refractivity contribution is 0.603. The first kappa shape index (κ1) is 15.4. The maximum Gasteiger partial charge on any atom is 0.171 e. The lowest BCUT2D eigenvalue weighted by Crippen LogP contribution is -1.97. The van der Waals surface area contributed by atoms with E-state index in [0.717, 1.165) is 0 Å². The van der Waals surface area contributed by atoms with Crippen molar-refractivity contribution in [3.63, 3.8) is 0 Å². The summed E-state index contributed by atoms with van der Waals surface area (Å²) in [4.78, 5) is 0. The fraction of sp³-hybridized carbons (Fsp3) is 0.600. The van der Waals surface area contributed by atoms with Crippen molar-refractivity contribution in [1.82, 2.24) is 0 Å². The summed E-state index contributed by atoms with van der Waals surface area (Å²) in [6, 6.07) is 0. The van der Waals surface area contributed by atoms with Gasteiger partial charge in [0.05, 0.1) is 11.5 Å². The molecule has 0 spiro atoms. The van der Waals surface area contributed by atoms with Crippen LogP contribution >= 0.6 is 0 Å². The fourth-order valence-electron chi connectivity index (χ4n) is 0.814. The first-order chi connectivity index (χ1) is 7.33. The molecule has 0 aliphatic rings. The third kappa shape index (κ3) is 7.64. The molecule has 4 nitrogen and oxygen atoms in total. The number of unbranched alkanes of at least 4 members (excludes halogenated alkanes) is 1. The lowest BCUT2D eigenvalue weighted by Gasteiger charge is -1.92. The second-order valence-corrected chi connectivity index (χ2v) is 7.57. The SMILES string of the molecule is CCS(=O)(=O)C=CCCC=CS(=O)(=O)CC. The summed E-state index contributed by atoms with van der Waals surface area (Å²) in [6.45, 7) is 3.15. The summed E-state index contributed by atoms with van der Waals surface area (Å²) < 4.78 is 44.1. The van der Waals surface area contributed by atoms with Crippen molar-refractivity contribution in [2.45, 2.75) is 26.7 Å². The minimum atomic E-state index is -3.06. The molecular formula is C10H18O4S2. The molecule has 0 saturated carbocycles. The van der Waals surface area contributed by atoms with Crippen LogP contribution in [0.3, 0.4) is 0 Å². The molecule has 0 N–H and O–H groups in total. The van der Waals surface area contributed by atoms with Crippen LogP contribution in [-0.4, -0.2) is 28.3 Å². The second-order valence-electron chi connectivity index (χ2n) is 3.22. The van der Waals surface area contributed by atoms with Gasteiger partial charge in [0.15, 0.2) is 19.7 Å². The van der Waals surface area contributed by atoms with E-state index in [-0.39, 0.29) is 11.5 Å². The van der Waals surface area contributed by atoms with Crippen LogP contribution in [0.4, 0.5) is 0 Å². The zero-order valence-electron chi connectivity index (χ0n) is 9.59. The summed E-state index contributed by atoms with van der Waals surface area (Å²) in [6.07, 6.45) is 4.13. The van der Waals surface area contributed by atoms with E-state index in [2.05, 4.69) is 0 Å². The Kier molecular flexibility index (Phi) is 6.59. The summed E-state index contributed by atoms with van der Waals surface area (Å²) in [5.74, 6) is 0.174. The Morgan fingerprint density at radius 2 is 1.06 bits per heavy atom. The maximum atomic E-state index is 11.0. The topological polar surface area (TPSA) is 68.3 Å². The van der Waals surface area contributed by atoms with Gasteiger partial charge < -0.3 is 0 Å². The molecule has 0 unspecified atom stereocenters. The molecule has 0 fully saturated rings. The Morgan fingerprint density at radius 3 is 1.31 bits per heavy atom. The zero-order valence-corrected chi connectivity index (χ0v) is 11.2. The van der Waals surface area contributed by atoms with Crippen molar-refractivity contribution < 1.29 is 16.8 Å². The number of allylic oxidation sites excluding steroid dienone is 2. The van der Waals surface area contributed by atoms with Crippen molar-refractivity contribution in [3.05, 3.63) is 23.0 Å². The van der Waals surface area contributed by atoms with Gasteiger partial charge in [0.2, 0.25) is 0 Å². The van der Waals surface area contributed by atoms with E-state index in [0.29, 0.717) is 12.8 Å². The summed E-state index contributed by atoms with van der Waals surface area (Å²) >= 11 is 0. The zero-order chi connectivity index (χ0) is 12.7. The van der Waals surface area contributed by atoms with Crippen molar-refractivity contribution in [2.75, 3.05) is 11.5 Å². The largest absolute Gasteiger partial charge is 0.224 e. The van der Waals surface area contributed by atoms with Crippen LogP contribution in [0.15, 0.2) is 23.0 Å². The Hall–Kier alpha value is -0.620. The Labute approximate surface area is 97.9 Å². The molecule has 0 aromatic rings. The molecule has 0 aromatic heterocycles. The van der Waals surface area contributed by atoms with Crippen LogP contribution in [0.2, 0.25) is 0 Å². The monoisotopic (exact) mass is 266 g/mol. The molecule has 0 atom stereocenters. The van der Waals surface area contributed by atoms with E-state index < -0.39 is 19.7 Å². The molecule has 16 heavy (non-hydrogen) atoms. The number of hydrogen-bond donors (Lipinski definition) is 0. The van der Waals surface area contributed by atoms with Gasteiger partial charge in [-0.2, -0.15) is 0 Å². The molecule has 0 aliphatic heterocycles. The maximum absolute atomic E-state index is 11.0. The highest BCUT2D eigenvalue weighted by Gasteiger charge is 2.00. The molecule has 0 heterocycles. The molecule has 0 amide bonds. The first-order valence-electron chi connectivity index (χ1n) is 5.11. The third-order valence-corrected chi connectivity index (χ3v) is 4.74. The molecule has 0 aliphatic carbocycles. The van der Waals surface area contributed by atoms with Gasteiger partial charge in [0.25, 0.3) is 0 Å². The van der Waals surface area contributed by atoms with Gasteiger partial charge in [0, 0.05) is 10.8 Å². The summed E-state index contributed by atoms with van der Waals surface area (Å²) in [5, 5.41) is 2.35. The average molecular weight is 266 g/mol. The van der Waals surface area contributed by atoms with Crippen LogP contribution in [0.1, 0.15) is 26.7 Å². The molecule has 0 bridgehead atoms. The van der Waals surface area contributed by atoms with E-state index in [4.69, 9.17) is 0 Å². The van der Waals surface area contributed by atoms with Crippen molar-refractivity contribution >= 4 is 19.7 Å². The van der Waals surface area contributed by atoms with Crippen molar-refractivity contribution in [3.8, 4) is 0 Å². The van der Waals surface area contributed by atoms with Crippen LogP contribution in [0.25, 0.3) is 0 Å². The molecular weight excluding hydrogens is 248 g/mol. The highest BCUT2D eigenvalue weighted by molar-refractivity contribution is 7.94. The quantitative estimate of drug-likeness (QED) is 0.657. The minimum absolute atomic E-state index is 0.0869. The van der Waals surface area contributed by atoms with Gasteiger partial charge >= 0.3 is 0 Å². The van der Waals surface area contributed by atoms with Crippen molar-refractivity contribution in [1.29, 1.82) is 0 Å². The van der Waals surface area contributed by atoms with Crippen LogP contribution < -0.4 is 0 Å². The smallest absolute Gasteiger partial charge is 0.171 e. The average Bonchev–Trinajstić information content (AvgIpc) is 2.23. The van der Waals surface area contributed by atoms with E-state index in [1.54, 1.807) is 26.0 Å². The second kappa shape index (κ2) is 6.85. The Balaban J connectivity index is 4.04. The molecule has 0 aromatic carbocycles. The van der Waals surface area contributed by atoms with E-state index in [9.17, 15) is 16.8 Å². The molecule has 0 rings (SSSR count). The lowest BCUT2D eigenvalue weighted by atomic mass is 10.3. The molecule has 6 heteroatoms. The minimum Gasteiger partial charge on any atom is -0.224 e. The van der Waals surface area contributed by atoms with Gasteiger partial charge in [-0.25, -0.2) is 16.8 Å². The first-order valence-corrected chi connectivity index (χ1v) is 8.54. The van der Waals surface area contributed by atoms with Crippen LogP contribution in [-0.2, 0) is 19.7 Å². The van der Waals surface area contributed by atoms with Gasteiger partial charge in [-0.15, -0.1) is 0 Å². The predicted molar refractivity (Wildman–Crippen MR) is 66.4 cm³/mol. The van der Waals surface area contributed by atoms with E-state index in [1.807, 2.05) is 0 Å². The summed E-state index contributed by atoms with van der Waals surface area (Å²) in [7, 11) is -6.13. The number of hydrogen-bond acceptors (Lipinski definition) is 4. The van der Waals surface area contributed by atoms with E-state index in [1.165, 1.54) is 10.8 Å². The predicted octanol–water partition coefficient (Wildman–Crippen LogP) is 1.66. The number of sulfone groups is 2. The standard InChI is InChI=1S/C10H18O4S2/c1-3-15(11,12)9-7-5-6-8-10-16(13,14)4-2/h7-10H,3-6H2,1-2H3. The highest BCUT2D eigenvalue weighted by Crippen LogP contribution is 2.00. The van der Waals surface area contributed by atoms with Crippen LogP contribution in [0, 0.1) is 0 Å². The Bertz CT molecular complexity index is 397. The highest BCUT2D eigenvalue weighted by atomic mass is 32.2. The normalized spacial score (nSPS) is 13.9. The molecule has 0 saturated heterocycles. The van der Waals surface area contributed by atoms with E-state index >= 15 is 0 Å². The summed E-state index contributed by atoms with van der Waals surface area (Å²) in [5.41, 5.74) is 0. The van der Waals surface area contributed by atoms with Crippen molar-refractivity contribution in [2.24, 2.45) is 0 Å². The third-order valence-electron chi connectivity index (χ3n) is 1.91. The molecule has 94 valence electrons. The number of rotatable bonds is 7. The van der Waals surface area contributed by atoms with Gasteiger partial charge in [-0.3, -0.25) is 0 Å². The molecule has 0 radical (unpaired) electrons. The van der Waals surface area contributed by atoms with Gasteiger partial charge in [-0.1, -0.05) is 26.0 Å².